The van der Waals surface area contributed by atoms with E-state index in [2.05, 4.69) is 0 Å². The van der Waals surface area contributed by atoms with Crippen LogP contribution < -0.4 is 10.6 Å². The molecule has 2 aromatic rings. The molecule has 0 aliphatic heterocycles. The standard InChI is InChI=1S/C14H14ClN3O2/c1-17(9-10-3-2-4-11(15)5-10)13-6-12(16)7-14(8-13)18(19)20/h2-8H,9,16H2,1H3. The van der Waals surface area contributed by atoms with Crippen LogP contribution in [0.15, 0.2) is 42.5 Å². The van der Waals surface area contributed by atoms with Gasteiger partial charge in [-0.1, -0.05) is 23.7 Å². The summed E-state index contributed by atoms with van der Waals surface area (Å²) in [5.41, 5.74) is 7.76. The molecule has 0 unspecified atom stereocenters. The number of hydrogen-bond acceptors (Lipinski definition) is 4. The summed E-state index contributed by atoms with van der Waals surface area (Å²) in [7, 11) is 1.85. The Morgan fingerprint density at radius 2 is 2.05 bits per heavy atom. The second-order valence-corrected chi connectivity index (χ2v) is 4.96. The van der Waals surface area contributed by atoms with Gasteiger partial charge in [0.1, 0.15) is 0 Å². The molecule has 104 valence electrons. The number of nitro benzene ring substituents is 1. The summed E-state index contributed by atoms with van der Waals surface area (Å²) in [4.78, 5) is 12.3. The van der Waals surface area contributed by atoms with Gasteiger partial charge in [0.15, 0.2) is 0 Å². The van der Waals surface area contributed by atoms with Gasteiger partial charge >= 0.3 is 0 Å². The van der Waals surface area contributed by atoms with Gasteiger partial charge in [-0.25, -0.2) is 0 Å². The molecule has 0 bridgehead atoms. The van der Waals surface area contributed by atoms with E-state index in [0.717, 1.165) is 5.56 Å². The molecular formula is C14H14ClN3O2. The van der Waals surface area contributed by atoms with Gasteiger partial charge in [0.25, 0.3) is 5.69 Å². The van der Waals surface area contributed by atoms with Crippen molar-refractivity contribution in [2.24, 2.45) is 0 Å². The van der Waals surface area contributed by atoms with Crippen LogP contribution >= 0.6 is 11.6 Å². The number of nitrogen functional groups attached to an aromatic ring is 1. The van der Waals surface area contributed by atoms with Crippen molar-refractivity contribution in [2.45, 2.75) is 6.54 Å². The molecule has 2 N–H and O–H groups in total. The summed E-state index contributed by atoms with van der Waals surface area (Å²) >= 11 is 5.94. The topological polar surface area (TPSA) is 72.4 Å². The van der Waals surface area contributed by atoms with E-state index < -0.39 is 4.92 Å². The van der Waals surface area contributed by atoms with Gasteiger partial charge in [0.05, 0.1) is 4.92 Å². The lowest BCUT2D eigenvalue weighted by Gasteiger charge is -2.19. The minimum Gasteiger partial charge on any atom is -0.398 e. The van der Waals surface area contributed by atoms with Crippen LogP contribution in [0.1, 0.15) is 5.56 Å². The zero-order valence-corrected chi connectivity index (χ0v) is 11.7. The van der Waals surface area contributed by atoms with Crippen LogP contribution in [0.5, 0.6) is 0 Å². The first-order valence-corrected chi connectivity index (χ1v) is 6.34. The number of rotatable bonds is 4. The van der Waals surface area contributed by atoms with Crippen molar-refractivity contribution in [3.63, 3.8) is 0 Å². The second-order valence-electron chi connectivity index (χ2n) is 4.53. The largest absolute Gasteiger partial charge is 0.398 e. The quantitative estimate of drug-likeness (QED) is 0.532. The highest BCUT2D eigenvalue weighted by molar-refractivity contribution is 6.30. The van der Waals surface area contributed by atoms with Crippen LogP contribution in [0.3, 0.4) is 0 Å². The number of halogens is 1. The van der Waals surface area contributed by atoms with E-state index in [4.69, 9.17) is 17.3 Å². The molecule has 0 amide bonds. The molecule has 0 atom stereocenters. The van der Waals surface area contributed by atoms with Crippen molar-refractivity contribution in [1.82, 2.24) is 0 Å². The van der Waals surface area contributed by atoms with E-state index in [-0.39, 0.29) is 5.69 Å². The smallest absolute Gasteiger partial charge is 0.273 e. The molecule has 0 aliphatic carbocycles. The van der Waals surface area contributed by atoms with Crippen LogP contribution in [0, 0.1) is 10.1 Å². The Morgan fingerprint density at radius 3 is 2.70 bits per heavy atom. The summed E-state index contributed by atoms with van der Waals surface area (Å²) < 4.78 is 0. The number of hydrogen-bond donors (Lipinski definition) is 1. The predicted molar refractivity (Wildman–Crippen MR) is 81.1 cm³/mol. The summed E-state index contributed by atoms with van der Waals surface area (Å²) in [6, 6.07) is 12.0. The maximum atomic E-state index is 10.8. The zero-order valence-electron chi connectivity index (χ0n) is 10.9. The maximum absolute atomic E-state index is 10.8. The normalized spacial score (nSPS) is 10.3. The van der Waals surface area contributed by atoms with Crippen molar-refractivity contribution in [2.75, 3.05) is 17.7 Å². The zero-order chi connectivity index (χ0) is 14.7. The fourth-order valence-corrected chi connectivity index (χ4v) is 2.16. The lowest BCUT2D eigenvalue weighted by atomic mass is 10.2. The first-order chi connectivity index (χ1) is 9.45. The summed E-state index contributed by atoms with van der Waals surface area (Å²) in [5.74, 6) is 0. The molecule has 0 aliphatic rings. The minimum atomic E-state index is -0.451. The Labute approximate surface area is 121 Å². The lowest BCUT2D eigenvalue weighted by Crippen LogP contribution is -2.16. The molecule has 0 heterocycles. The predicted octanol–water partition coefficient (Wildman–Crippen LogP) is 3.47. The molecule has 0 saturated carbocycles. The molecule has 20 heavy (non-hydrogen) atoms. The molecule has 2 aromatic carbocycles. The van der Waals surface area contributed by atoms with E-state index in [1.54, 1.807) is 12.1 Å². The Bertz CT molecular complexity index is 646. The molecule has 0 saturated heterocycles. The number of non-ortho nitro benzene ring substituents is 1. The van der Waals surface area contributed by atoms with E-state index in [9.17, 15) is 10.1 Å². The Hall–Kier alpha value is -2.27. The van der Waals surface area contributed by atoms with Crippen LogP contribution in [0.25, 0.3) is 0 Å². The van der Waals surface area contributed by atoms with Crippen LogP contribution in [-0.4, -0.2) is 12.0 Å². The van der Waals surface area contributed by atoms with Gasteiger partial charge in [-0.15, -0.1) is 0 Å². The van der Waals surface area contributed by atoms with E-state index >= 15 is 0 Å². The molecule has 6 heteroatoms. The molecule has 0 aromatic heterocycles. The summed E-state index contributed by atoms with van der Waals surface area (Å²) in [6.07, 6.45) is 0. The fraction of sp³-hybridized carbons (Fsp3) is 0.143. The second kappa shape index (κ2) is 5.79. The number of anilines is 2. The SMILES string of the molecule is CN(Cc1cccc(Cl)c1)c1cc(N)cc([N+](=O)[O-])c1. The van der Waals surface area contributed by atoms with Crippen LogP contribution in [0.4, 0.5) is 17.1 Å². The highest BCUT2D eigenvalue weighted by atomic mass is 35.5. The summed E-state index contributed by atoms with van der Waals surface area (Å²) in [6.45, 7) is 0.584. The van der Waals surface area contributed by atoms with Crippen molar-refractivity contribution >= 4 is 28.7 Å². The monoisotopic (exact) mass is 291 g/mol. The van der Waals surface area contributed by atoms with E-state index in [1.165, 1.54) is 12.1 Å². The fourth-order valence-electron chi connectivity index (χ4n) is 1.94. The van der Waals surface area contributed by atoms with Gasteiger partial charge in [0, 0.05) is 42.1 Å². The third kappa shape index (κ3) is 3.39. The molecule has 2 rings (SSSR count). The highest BCUT2D eigenvalue weighted by Gasteiger charge is 2.11. The molecule has 0 radical (unpaired) electrons. The van der Waals surface area contributed by atoms with Gasteiger partial charge in [-0.3, -0.25) is 10.1 Å². The van der Waals surface area contributed by atoms with Crippen molar-refractivity contribution < 1.29 is 4.92 Å². The van der Waals surface area contributed by atoms with Gasteiger partial charge in [-0.2, -0.15) is 0 Å². The number of benzene rings is 2. The molecule has 0 spiro atoms. The first-order valence-electron chi connectivity index (χ1n) is 5.96. The van der Waals surface area contributed by atoms with E-state index in [0.29, 0.717) is 22.9 Å². The van der Waals surface area contributed by atoms with Crippen LogP contribution in [-0.2, 0) is 6.54 Å². The highest BCUT2D eigenvalue weighted by Crippen LogP contribution is 2.26. The average Bonchev–Trinajstić information content (AvgIpc) is 2.37. The Kier molecular flexibility index (Phi) is 4.10. The lowest BCUT2D eigenvalue weighted by molar-refractivity contribution is -0.384. The number of nitrogens with zero attached hydrogens (tertiary/aromatic N) is 2. The molecular weight excluding hydrogens is 278 g/mol. The molecule has 5 nitrogen and oxygen atoms in total. The third-order valence-electron chi connectivity index (χ3n) is 2.89. The van der Waals surface area contributed by atoms with Crippen molar-refractivity contribution in [3.05, 3.63) is 63.2 Å². The van der Waals surface area contributed by atoms with Crippen molar-refractivity contribution in [3.8, 4) is 0 Å². The van der Waals surface area contributed by atoms with E-state index in [1.807, 2.05) is 30.1 Å². The van der Waals surface area contributed by atoms with Crippen molar-refractivity contribution in [1.29, 1.82) is 0 Å². The maximum Gasteiger partial charge on any atom is 0.273 e. The van der Waals surface area contributed by atoms with Crippen LogP contribution in [0.2, 0.25) is 5.02 Å². The molecule has 0 fully saturated rings. The first kappa shape index (κ1) is 14.1. The van der Waals surface area contributed by atoms with Gasteiger partial charge < -0.3 is 10.6 Å². The average molecular weight is 292 g/mol. The van der Waals surface area contributed by atoms with Gasteiger partial charge in [-0.05, 0) is 23.8 Å². The summed E-state index contributed by atoms with van der Waals surface area (Å²) in [5, 5.41) is 11.5. The number of nitrogens with two attached hydrogens (primary N) is 1. The Balaban J connectivity index is 2.25. The third-order valence-corrected chi connectivity index (χ3v) is 3.12. The minimum absolute atomic E-state index is 0.0158. The Morgan fingerprint density at radius 1 is 1.30 bits per heavy atom. The van der Waals surface area contributed by atoms with Gasteiger partial charge in [0.2, 0.25) is 0 Å². The number of nitro groups is 1.